The normalized spacial score (nSPS) is 23.7. The minimum absolute atomic E-state index is 0.00158. The number of aromatic amines is 1. The van der Waals surface area contributed by atoms with Crippen LogP contribution in [0.1, 0.15) is 77.8 Å². The number of aliphatic imine (C=N–C) groups is 2. The molecule has 0 radical (unpaired) electrons. The highest BCUT2D eigenvalue weighted by atomic mass is 16.4. The van der Waals surface area contributed by atoms with Crippen molar-refractivity contribution in [1.82, 2.24) is 10.3 Å². The molecule has 4 atom stereocenters. The number of nitrogens with zero attached hydrogens (tertiary/aromatic N) is 2. The summed E-state index contributed by atoms with van der Waals surface area (Å²) in [6.45, 7) is 11.3. The van der Waals surface area contributed by atoms with Crippen LogP contribution >= 0.6 is 0 Å². The van der Waals surface area contributed by atoms with Gasteiger partial charge in [0.05, 0.1) is 39.1 Å². The van der Waals surface area contributed by atoms with Crippen molar-refractivity contribution in [2.75, 3.05) is 0 Å². The van der Waals surface area contributed by atoms with Crippen LogP contribution in [0.4, 0.5) is 0 Å². The van der Waals surface area contributed by atoms with E-state index in [1.54, 1.807) is 19.9 Å². The van der Waals surface area contributed by atoms with Crippen LogP contribution < -0.4 is 16.0 Å². The van der Waals surface area contributed by atoms with Crippen molar-refractivity contribution in [3.05, 3.63) is 67.7 Å². The van der Waals surface area contributed by atoms with Gasteiger partial charge < -0.3 is 30.7 Å². The zero-order chi connectivity index (χ0) is 35.2. The molecule has 4 aliphatic rings. The first-order chi connectivity index (χ1) is 22.7. The van der Waals surface area contributed by atoms with Crippen LogP contribution in [0.25, 0.3) is 11.1 Å². The van der Waals surface area contributed by atoms with Crippen molar-refractivity contribution in [2.45, 2.75) is 92.2 Å². The second-order valence-corrected chi connectivity index (χ2v) is 12.9. The molecular formula is C36H42N4O8. The molecule has 12 nitrogen and oxygen atoms in total. The van der Waals surface area contributed by atoms with Gasteiger partial charge in [-0.05, 0) is 97.4 Å². The van der Waals surface area contributed by atoms with Gasteiger partial charge in [-0.25, -0.2) is 19.6 Å². The van der Waals surface area contributed by atoms with Crippen LogP contribution in [-0.4, -0.2) is 72.8 Å². The molecule has 8 bridgehead atoms. The molecule has 0 saturated carbocycles. The summed E-state index contributed by atoms with van der Waals surface area (Å²) in [7, 11) is 0. The highest BCUT2D eigenvalue weighted by Crippen LogP contribution is 2.39. The smallest absolute Gasteiger partial charge is 0.340 e. The molecule has 1 aromatic heterocycles. The number of fused-ring (bicyclic) bond motifs is 6. The zero-order valence-electron chi connectivity index (χ0n) is 28.0. The Hall–Kier alpha value is -4.84. The van der Waals surface area contributed by atoms with Gasteiger partial charge in [-0.1, -0.05) is 27.2 Å². The van der Waals surface area contributed by atoms with Crippen LogP contribution in [0.2, 0.25) is 0 Å². The summed E-state index contributed by atoms with van der Waals surface area (Å²) in [6, 6.07) is -0.838. The lowest BCUT2D eigenvalue weighted by atomic mass is 9.83. The summed E-state index contributed by atoms with van der Waals surface area (Å²) in [5.41, 5.74) is 5.40. The van der Waals surface area contributed by atoms with Gasteiger partial charge in [0.1, 0.15) is 5.57 Å². The number of nitrogens with one attached hydrogen (secondary N) is 2. The van der Waals surface area contributed by atoms with Crippen molar-refractivity contribution in [3.8, 4) is 0 Å². The lowest BCUT2D eigenvalue weighted by Crippen LogP contribution is -2.39. The Labute approximate surface area is 277 Å². The number of H-pyrrole nitrogens is 1. The van der Waals surface area contributed by atoms with Crippen molar-refractivity contribution in [3.63, 3.8) is 0 Å². The number of aliphatic carboxylic acids is 4. The quantitative estimate of drug-likeness (QED) is 0.218. The van der Waals surface area contributed by atoms with Crippen molar-refractivity contribution in [1.29, 1.82) is 0 Å². The first-order valence-corrected chi connectivity index (χ1v) is 16.3. The Morgan fingerprint density at radius 3 is 2.04 bits per heavy atom. The Kier molecular flexibility index (Phi) is 9.59. The van der Waals surface area contributed by atoms with Crippen molar-refractivity contribution in [2.24, 2.45) is 21.8 Å². The number of carboxylic acids is 4. The number of carboxylic acid groups (broad SMARTS) is 4. The number of hydrogen-bond donors (Lipinski definition) is 6. The van der Waals surface area contributed by atoms with Crippen LogP contribution in [0.15, 0.2) is 55.8 Å². The SMILES string of the molecule is CCc1c(C)c2[nH]c1=C(C(=O)O)C1=NC(=CC3=NC(=CC4NC(C=2C(=O)O)C(CC)C4C)C(C)=C3CCC(=O)O)C(CCC(=O)O)=C1C. The molecule has 6 N–H and O–H groups in total. The molecule has 5 rings (SSSR count). The molecule has 4 aliphatic heterocycles. The molecule has 0 spiro atoms. The van der Waals surface area contributed by atoms with E-state index in [0.717, 1.165) is 5.57 Å². The molecule has 1 saturated heterocycles. The summed E-state index contributed by atoms with van der Waals surface area (Å²) < 4.78 is 0. The molecule has 0 aromatic carbocycles. The number of allylic oxidation sites excluding steroid dienone is 5. The monoisotopic (exact) mass is 658 g/mol. The molecular weight excluding hydrogens is 616 g/mol. The maximum atomic E-state index is 13.1. The van der Waals surface area contributed by atoms with E-state index in [-0.39, 0.29) is 65.8 Å². The molecule has 12 heteroatoms. The number of hydrogen-bond acceptors (Lipinski definition) is 7. The number of aromatic nitrogens is 1. The lowest BCUT2D eigenvalue weighted by Gasteiger charge is -2.21. The summed E-state index contributed by atoms with van der Waals surface area (Å²) >= 11 is 0. The van der Waals surface area contributed by atoms with Crippen LogP contribution in [0.3, 0.4) is 0 Å². The third kappa shape index (κ3) is 6.00. The minimum Gasteiger partial charge on any atom is -0.481 e. The fourth-order valence-corrected chi connectivity index (χ4v) is 7.71. The Bertz CT molecular complexity index is 1950. The zero-order valence-corrected chi connectivity index (χ0v) is 28.0. The van der Waals surface area contributed by atoms with Gasteiger partial charge in [0.25, 0.3) is 0 Å². The van der Waals surface area contributed by atoms with Crippen LogP contribution in [-0.2, 0) is 25.6 Å². The standard InChI is InChI=1S/C36H42N4O8/c1-7-19-15(3)24-13-23-16(4)21(9-11-27(41)42)25(37-23)14-26-22(10-12-28(43)44)18(6)31(39-26)29(35(45)46)34-20(8-2)17(5)32(40-34)30(36(47)48)33(19)38-24/h13-15,19,24,33,38,40H,7-12H2,1-6H3,(H,41,42)(H,43,44)(H,45,46)(H,47,48). The van der Waals surface area contributed by atoms with E-state index in [1.165, 1.54) is 0 Å². The summed E-state index contributed by atoms with van der Waals surface area (Å²) in [5.74, 6) is -4.46. The van der Waals surface area contributed by atoms with Crippen LogP contribution in [0, 0.1) is 18.8 Å². The first kappa shape index (κ1) is 34.5. The molecule has 254 valence electrons. The fourth-order valence-electron chi connectivity index (χ4n) is 7.71. The largest absolute Gasteiger partial charge is 0.481 e. The lowest BCUT2D eigenvalue weighted by molar-refractivity contribution is -0.137. The molecule has 1 fully saturated rings. The van der Waals surface area contributed by atoms with Gasteiger partial charge >= 0.3 is 23.9 Å². The third-order valence-corrected chi connectivity index (χ3v) is 10.3. The van der Waals surface area contributed by atoms with Gasteiger partial charge in [-0.15, -0.1) is 0 Å². The maximum absolute atomic E-state index is 13.1. The summed E-state index contributed by atoms with van der Waals surface area (Å²) in [5, 5.41) is 44.7. The topological polar surface area (TPSA) is 202 Å². The molecule has 0 aliphatic carbocycles. The first-order valence-electron chi connectivity index (χ1n) is 16.3. The third-order valence-electron chi connectivity index (χ3n) is 10.3. The number of carbonyl (C=O) groups is 4. The molecule has 5 heterocycles. The van der Waals surface area contributed by atoms with E-state index in [0.29, 0.717) is 63.1 Å². The van der Waals surface area contributed by atoms with Gasteiger partial charge in [0, 0.05) is 24.9 Å². The van der Waals surface area contributed by atoms with Crippen molar-refractivity contribution >= 4 is 46.4 Å². The summed E-state index contributed by atoms with van der Waals surface area (Å²) in [4.78, 5) is 62.5. The van der Waals surface area contributed by atoms with E-state index in [9.17, 15) is 39.6 Å². The molecule has 1 aromatic rings. The van der Waals surface area contributed by atoms with E-state index >= 15 is 0 Å². The average Bonchev–Trinajstić information content (AvgIpc) is 3.68. The van der Waals surface area contributed by atoms with E-state index in [4.69, 9.17) is 9.98 Å². The second-order valence-electron chi connectivity index (χ2n) is 12.9. The maximum Gasteiger partial charge on any atom is 0.340 e. The second kappa shape index (κ2) is 13.3. The van der Waals surface area contributed by atoms with E-state index in [1.807, 2.05) is 26.8 Å². The molecule has 0 amide bonds. The van der Waals surface area contributed by atoms with E-state index < -0.39 is 29.9 Å². The Morgan fingerprint density at radius 2 is 1.48 bits per heavy atom. The number of rotatable bonds is 10. The Morgan fingerprint density at radius 1 is 0.833 bits per heavy atom. The van der Waals surface area contributed by atoms with Crippen molar-refractivity contribution < 1.29 is 39.6 Å². The predicted molar refractivity (Wildman–Crippen MR) is 180 cm³/mol. The molecule has 4 unspecified atom stereocenters. The fraction of sp³-hybridized carbons (Fsp3) is 0.444. The van der Waals surface area contributed by atoms with E-state index in [2.05, 4.69) is 17.2 Å². The molecule has 48 heavy (non-hydrogen) atoms. The van der Waals surface area contributed by atoms with Crippen LogP contribution in [0.5, 0.6) is 0 Å². The highest BCUT2D eigenvalue weighted by Gasteiger charge is 2.43. The highest BCUT2D eigenvalue weighted by molar-refractivity contribution is 6.46. The average molecular weight is 659 g/mol. The van der Waals surface area contributed by atoms with Gasteiger partial charge in [0.15, 0.2) is 0 Å². The predicted octanol–water partition coefficient (Wildman–Crippen LogP) is 3.41. The minimum atomic E-state index is -1.27. The Balaban J connectivity index is 1.93. The summed E-state index contributed by atoms with van der Waals surface area (Å²) in [6.07, 6.45) is 4.69. The van der Waals surface area contributed by atoms with Gasteiger partial charge in [0.2, 0.25) is 0 Å². The van der Waals surface area contributed by atoms with Gasteiger partial charge in [-0.3, -0.25) is 9.59 Å². The van der Waals surface area contributed by atoms with Gasteiger partial charge in [-0.2, -0.15) is 0 Å².